The van der Waals surface area contributed by atoms with Gasteiger partial charge in [-0.2, -0.15) is 0 Å². The van der Waals surface area contributed by atoms with Gasteiger partial charge in [-0.1, -0.05) is 0 Å². The van der Waals surface area contributed by atoms with Gasteiger partial charge in [0.25, 0.3) is 0 Å². The minimum Gasteiger partial charge on any atom is -0.303 e. The van der Waals surface area contributed by atoms with Gasteiger partial charge in [0.05, 0.1) is 0 Å². The summed E-state index contributed by atoms with van der Waals surface area (Å²) in [6.45, 7) is 1.60. The normalized spacial score (nSPS) is 29.7. The Morgan fingerprint density at radius 2 is 2.40 bits per heavy atom. The molecule has 1 fully saturated rings. The van der Waals surface area contributed by atoms with E-state index in [1.165, 1.54) is 0 Å². The van der Waals surface area contributed by atoms with Gasteiger partial charge in [0.15, 0.2) is 0 Å². The molecule has 0 bridgehead atoms. The summed E-state index contributed by atoms with van der Waals surface area (Å²) in [4.78, 5) is 20.6. The molecule has 0 radical (unpaired) electrons. The summed E-state index contributed by atoms with van der Waals surface area (Å²) >= 11 is 0. The van der Waals surface area contributed by atoms with Gasteiger partial charge in [0.2, 0.25) is 0 Å². The van der Waals surface area contributed by atoms with Crippen molar-refractivity contribution in [1.29, 1.82) is 0 Å². The highest BCUT2D eigenvalue weighted by Gasteiger charge is 2.35. The lowest BCUT2D eigenvalue weighted by Gasteiger charge is -1.90. The predicted molar refractivity (Wildman–Crippen MR) is 37.6 cm³/mol. The summed E-state index contributed by atoms with van der Waals surface area (Å²) in [7, 11) is 0. The largest absolute Gasteiger partial charge is 0.303 e. The van der Waals surface area contributed by atoms with Crippen molar-refractivity contribution in [2.45, 2.75) is 26.2 Å². The van der Waals surface area contributed by atoms with E-state index >= 15 is 0 Å². The SMILES string of the molecule is CC(=O)CC[C@H]1C[C@H]1C=O. The zero-order valence-corrected chi connectivity index (χ0v) is 6.17. The molecule has 1 aliphatic carbocycles. The summed E-state index contributed by atoms with van der Waals surface area (Å²) in [6.07, 6.45) is 3.58. The lowest BCUT2D eigenvalue weighted by molar-refractivity contribution is -0.117. The Morgan fingerprint density at radius 3 is 2.80 bits per heavy atom. The second kappa shape index (κ2) is 2.95. The van der Waals surface area contributed by atoms with E-state index in [9.17, 15) is 9.59 Å². The van der Waals surface area contributed by atoms with Crippen molar-refractivity contribution >= 4 is 12.1 Å². The Morgan fingerprint density at radius 1 is 1.70 bits per heavy atom. The zero-order chi connectivity index (χ0) is 7.56. The van der Waals surface area contributed by atoms with Crippen LogP contribution in [-0.2, 0) is 9.59 Å². The maximum Gasteiger partial charge on any atom is 0.129 e. The van der Waals surface area contributed by atoms with Gasteiger partial charge in [0.1, 0.15) is 12.1 Å². The first-order valence-corrected chi connectivity index (χ1v) is 3.68. The number of carbonyl (C=O) groups is 2. The van der Waals surface area contributed by atoms with Gasteiger partial charge in [-0.05, 0) is 25.7 Å². The topological polar surface area (TPSA) is 34.1 Å². The number of hydrogen-bond donors (Lipinski definition) is 0. The van der Waals surface area contributed by atoms with Crippen molar-refractivity contribution in [2.75, 3.05) is 0 Å². The molecule has 0 aromatic heterocycles. The van der Waals surface area contributed by atoms with Gasteiger partial charge >= 0.3 is 0 Å². The van der Waals surface area contributed by atoms with E-state index < -0.39 is 0 Å². The van der Waals surface area contributed by atoms with Gasteiger partial charge in [-0.25, -0.2) is 0 Å². The smallest absolute Gasteiger partial charge is 0.129 e. The second-order valence-corrected chi connectivity index (χ2v) is 3.04. The van der Waals surface area contributed by atoms with Gasteiger partial charge in [-0.3, -0.25) is 0 Å². The highest BCUT2D eigenvalue weighted by molar-refractivity contribution is 5.75. The van der Waals surface area contributed by atoms with Gasteiger partial charge in [0, 0.05) is 12.3 Å². The zero-order valence-electron chi connectivity index (χ0n) is 6.17. The molecule has 0 aromatic carbocycles. The molecule has 56 valence electrons. The molecule has 0 heterocycles. The van der Waals surface area contributed by atoms with E-state index in [-0.39, 0.29) is 11.7 Å². The van der Waals surface area contributed by atoms with Crippen LogP contribution in [0.2, 0.25) is 0 Å². The molecule has 0 aliphatic heterocycles. The van der Waals surface area contributed by atoms with Crippen LogP contribution in [0.1, 0.15) is 26.2 Å². The third kappa shape index (κ3) is 1.94. The summed E-state index contributed by atoms with van der Waals surface area (Å²) in [5.74, 6) is 1.04. The molecule has 10 heavy (non-hydrogen) atoms. The fourth-order valence-electron chi connectivity index (χ4n) is 1.16. The highest BCUT2D eigenvalue weighted by Crippen LogP contribution is 2.40. The van der Waals surface area contributed by atoms with Crippen molar-refractivity contribution in [3.63, 3.8) is 0 Å². The summed E-state index contributed by atoms with van der Waals surface area (Å²) in [5.41, 5.74) is 0. The van der Waals surface area contributed by atoms with Gasteiger partial charge in [-0.15, -0.1) is 0 Å². The monoisotopic (exact) mass is 140 g/mol. The minimum atomic E-state index is 0.233. The standard InChI is InChI=1S/C8H12O2/c1-6(10)2-3-7-4-8(7)5-9/h5,7-8H,2-4H2,1H3/t7-,8-/m0/s1. The van der Waals surface area contributed by atoms with E-state index in [0.29, 0.717) is 12.3 Å². The maximum absolute atomic E-state index is 10.5. The molecule has 2 heteroatoms. The molecular weight excluding hydrogens is 128 g/mol. The molecular formula is C8H12O2. The Bertz CT molecular complexity index is 151. The molecule has 0 spiro atoms. The average Bonchev–Trinajstić information content (AvgIpc) is 2.61. The molecule has 1 saturated carbocycles. The maximum atomic E-state index is 10.5. The Balaban J connectivity index is 2.07. The highest BCUT2D eigenvalue weighted by atomic mass is 16.1. The Hall–Kier alpha value is -0.660. The number of carbonyl (C=O) groups excluding carboxylic acids is 2. The van der Waals surface area contributed by atoms with E-state index in [1.807, 2.05) is 0 Å². The number of hydrogen-bond acceptors (Lipinski definition) is 2. The summed E-state index contributed by atoms with van der Waals surface area (Å²) in [6, 6.07) is 0. The Labute approximate surface area is 60.6 Å². The molecule has 2 atom stereocenters. The Kier molecular flexibility index (Phi) is 2.20. The fourth-order valence-corrected chi connectivity index (χ4v) is 1.16. The number of rotatable bonds is 4. The van der Waals surface area contributed by atoms with E-state index in [1.54, 1.807) is 6.92 Å². The number of Topliss-reactive ketones (excluding diaryl/α,β-unsaturated/α-hetero) is 1. The summed E-state index contributed by atoms with van der Waals surface area (Å²) in [5, 5.41) is 0. The molecule has 0 unspecified atom stereocenters. The van der Waals surface area contributed by atoms with E-state index in [0.717, 1.165) is 19.1 Å². The van der Waals surface area contributed by atoms with Crippen LogP contribution < -0.4 is 0 Å². The van der Waals surface area contributed by atoms with E-state index in [4.69, 9.17) is 0 Å². The molecule has 0 N–H and O–H groups in total. The first-order valence-electron chi connectivity index (χ1n) is 3.68. The molecule has 0 saturated heterocycles. The average molecular weight is 140 g/mol. The third-order valence-electron chi connectivity index (χ3n) is 2.02. The molecule has 0 amide bonds. The summed E-state index contributed by atoms with van der Waals surface area (Å²) < 4.78 is 0. The molecule has 2 nitrogen and oxygen atoms in total. The lowest BCUT2D eigenvalue weighted by Crippen LogP contribution is -1.91. The molecule has 0 aromatic rings. The second-order valence-electron chi connectivity index (χ2n) is 3.04. The van der Waals surface area contributed by atoms with Crippen LogP contribution in [0, 0.1) is 11.8 Å². The lowest BCUT2D eigenvalue weighted by atomic mass is 10.1. The molecule has 1 aliphatic rings. The van der Waals surface area contributed by atoms with Crippen LogP contribution in [-0.4, -0.2) is 12.1 Å². The number of ketones is 1. The quantitative estimate of drug-likeness (QED) is 0.550. The first kappa shape index (κ1) is 7.45. The van der Waals surface area contributed by atoms with Crippen LogP contribution in [0.25, 0.3) is 0 Å². The predicted octanol–water partition coefficient (Wildman–Crippen LogP) is 1.19. The van der Waals surface area contributed by atoms with Crippen LogP contribution in [0.5, 0.6) is 0 Å². The van der Waals surface area contributed by atoms with Crippen LogP contribution in [0.4, 0.5) is 0 Å². The fraction of sp³-hybridized carbons (Fsp3) is 0.750. The first-order chi connectivity index (χ1) is 4.74. The van der Waals surface area contributed by atoms with Crippen LogP contribution in [0.3, 0.4) is 0 Å². The van der Waals surface area contributed by atoms with Crippen molar-refractivity contribution in [3.8, 4) is 0 Å². The molecule has 1 rings (SSSR count). The van der Waals surface area contributed by atoms with Crippen molar-refractivity contribution < 1.29 is 9.59 Å². The van der Waals surface area contributed by atoms with E-state index in [2.05, 4.69) is 0 Å². The van der Waals surface area contributed by atoms with Crippen molar-refractivity contribution in [2.24, 2.45) is 11.8 Å². The third-order valence-corrected chi connectivity index (χ3v) is 2.02. The van der Waals surface area contributed by atoms with Crippen molar-refractivity contribution in [1.82, 2.24) is 0 Å². The van der Waals surface area contributed by atoms with Crippen LogP contribution in [0.15, 0.2) is 0 Å². The van der Waals surface area contributed by atoms with Gasteiger partial charge < -0.3 is 9.59 Å². The van der Waals surface area contributed by atoms with Crippen LogP contribution >= 0.6 is 0 Å². The minimum absolute atomic E-state index is 0.233. The number of aldehydes is 1. The van der Waals surface area contributed by atoms with Crippen molar-refractivity contribution in [3.05, 3.63) is 0 Å².